The number of hydrogen-bond donors (Lipinski definition) is 0. The van der Waals surface area contributed by atoms with Crippen LogP contribution in [0.1, 0.15) is 25.6 Å². The van der Waals surface area contributed by atoms with Gasteiger partial charge in [0, 0.05) is 16.0 Å². The Morgan fingerprint density at radius 3 is 2.42 bits per heavy atom. The Kier molecular flexibility index (Phi) is 3.92. The zero-order valence-electron chi connectivity index (χ0n) is 14.2. The standard InChI is InChI=1S/C20H15FN2O2S/c1-11(2)18-22-19-16(17(24)14-5-3-4-6-15(14)26-19)20(25)23(18)13-9-7-12(21)8-10-13/h3-11H,1-2H3. The third-order valence-electron chi connectivity index (χ3n) is 4.24. The van der Waals surface area contributed by atoms with Crippen LogP contribution in [0.25, 0.3) is 26.0 Å². The minimum Gasteiger partial charge on any atom is -0.288 e. The third-order valence-corrected chi connectivity index (χ3v) is 5.31. The Bertz CT molecular complexity index is 1260. The second kappa shape index (κ2) is 6.14. The van der Waals surface area contributed by atoms with Crippen LogP contribution in [-0.4, -0.2) is 9.55 Å². The van der Waals surface area contributed by atoms with E-state index in [1.54, 1.807) is 12.1 Å². The van der Waals surface area contributed by atoms with Crippen molar-refractivity contribution in [1.29, 1.82) is 0 Å². The summed E-state index contributed by atoms with van der Waals surface area (Å²) in [6.07, 6.45) is 0. The van der Waals surface area contributed by atoms with E-state index in [-0.39, 0.29) is 22.6 Å². The molecule has 130 valence electrons. The molecule has 4 rings (SSSR count). The van der Waals surface area contributed by atoms with Gasteiger partial charge in [-0.2, -0.15) is 0 Å². The fraction of sp³-hybridized carbons (Fsp3) is 0.150. The topological polar surface area (TPSA) is 52.0 Å². The van der Waals surface area contributed by atoms with Gasteiger partial charge in [0.25, 0.3) is 5.56 Å². The van der Waals surface area contributed by atoms with Crippen LogP contribution in [0.15, 0.2) is 58.1 Å². The molecule has 0 aliphatic carbocycles. The predicted octanol–water partition coefficient (Wildman–Crippen LogP) is 4.22. The van der Waals surface area contributed by atoms with Gasteiger partial charge in [-0.25, -0.2) is 9.37 Å². The fourth-order valence-corrected chi connectivity index (χ4v) is 4.04. The van der Waals surface area contributed by atoms with Crippen LogP contribution in [-0.2, 0) is 0 Å². The molecule has 4 nitrogen and oxygen atoms in total. The molecule has 0 saturated carbocycles. The van der Waals surface area contributed by atoms with E-state index in [1.165, 1.54) is 40.2 Å². The fourth-order valence-electron chi connectivity index (χ4n) is 2.99. The van der Waals surface area contributed by atoms with Crippen LogP contribution in [0.5, 0.6) is 0 Å². The van der Waals surface area contributed by atoms with Crippen molar-refractivity contribution in [1.82, 2.24) is 9.55 Å². The summed E-state index contributed by atoms with van der Waals surface area (Å²) < 4.78 is 15.5. The van der Waals surface area contributed by atoms with Gasteiger partial charge in [-0.1, -0.05) is 26.0 Å². The molecular weight excluding hydrogens is 351 g/mol. The lowest BCUT2D eigenvalue weighted by Crippen LogP contribution is -2.28. The van der Waals surface area contributed by atoms with Crippen molar-refractivity contribution in [2.45, 2.75) is 19.8 Å². The predicted molar refractivity (Wildman–Crippen MR) is 103 cm³/mol. The quantitative estimate of drug-likeness (QED) is 0.499. The van der Waals surface area contributed by atoms with Gasteiger partial charge in [0.15, 0.2) is 0 Å². The van der Waals surface area contributed by atoms with Gasteiger partial charge in [-0.15, -0.1) is 11.3 Å². The van der Waals surface area contributed by atoms with E-state index in [9.17, 15) is 14.0 Å². The van der Waals surface area contributed by atoms with E-state index in [4.69, 9.17) is 0 Å². The van der Waals surface area contributed by atoms with Crippen LogP contribution in [0.4, 0.5) is 4.39 Å². The Labute approximate surface area is 152 Å². The molecule has 0 radical (unpaired) electrons. The van der Waals surface area contributed by atoms with Gasteiger partial charge in [0.2, 0.25) is 5.43 Å². The minimum atomic E-state index is -0.419. The van der Waals surface area contributed by atoms with Crippen LogP contribution in [0.3, 0.4) is 0 Å². The number of rotatable bonds is 2. The molecule has 0 fully saturated rings. The van der Waals surface area contributed by atoms with Crippen molar-refractivity contribution in [2.24, 2.45) is 0 Å². The molecule has 0 aliphatic rings. The molecule has 0 amide bonds. The second-order valence-corrected chi connectivity index (χ2v) is 7.38. The summed E-state index contributed by atoms with van der Waals surface area (Å²) in [6, 6.07) is 12.8. The van der Waals surface area contributed by atoms with Crippen LogP contribution in [0, 0.1) is 5.82 Å². The summed E-state index contributed by atoms with van der Waals surface area (Å²) in [5.74, 6) is 0.102. The summed E-state index contributed by atoms with van der Waals surface area (Å²) in [4.78, 5) is 31.2. The van der Waals surface area contributed by atoms with Crippen LogP contribution >= 0.6 is 11.3 Å². The average Bonchev–Trinajstić information content (AvgIpc) is 2.62. The van der Waals surface area contributed by atoms with Crippen molar-refractivity contribution >= 4 is 31.6 Å². The summed E-state index contributed by atoms with van der Waals surface area (Å²) in [7, 11) is 0. The highest BCUT2D eigenvalue weighted by Crippen LogP contribution is 2.24. The van der Waals surface area contributed by atoms with Gasteiger partial charge in [0.1, 0.15) is 21.9 Å². The molecule has 6 heteroatoms. The maximum Gasteiger partial charge on any atom is 0.270 e. The number of benzene rings is 2. The lowest BCUT2D eigenvalue weighted by molar-refractivity contribution is 0.626. The Balaban J connectivity index is 2.19. The average molecular weight is 366 g/mol. The molecule has 0 spiro atoms. The Hall–Kier alpha value is -2.86. The number of aromatic nitrogens is 2. The first kappa shape index (κ1) is 16.6. The third kappa shape index (κ3) is 2.54. The lowest BCUT2D eigenvalue weighted by atomic mass is 10.1. The summed E-state index contributed by atoms with van der Waals surface area (Å²) in [6.45, 7) is 3.86. The van der Waals surface area contributed by atoms with Crippen molar-refractivity contribution < 1.29 is 4.39 Å². The first-order chi connectivity index (χ1) is 12.5. The number of hydrogen-bond acceptors (Lipinski definition) is 4. The molecule has 0 aliphatic heterocycles. The number of halogens is 1. The molecule has 2 aromatic carbocycles. The van der Waals surface area contributed by atoms with Gasteiger partial charge in [-0.05, 0) is 36.4 Å². The molecule has 0 N–H and O–H groups in total. The van der Waals surface area contributed by atoms with Gasteiger partial charge in [-0.3, -0.25) is 14.2 Å². The monoisotopic (exact) mass is 366 g/mol. The summed E-state index contributed by atoms with van der Waals surface area (Å²) in [5.41, 5.74) is -0.248. The van der Waals surface area contributed by atoms with E-state index >= 15 is 0 Å². The van der Waals surface area contributed by atoms with Crippen molar-refractivity contribution in [3.8, 4) is 5.69 Å². The second-order valence-electron chi connectivity index (χ2n) is 6.35. The molecule has 26 heavy (non-hydrogen) atoms. The van der Waals surface area contributed by atoms with E-state index < -0.39 is 5.56 Å². The molecule has 0 saturated heterocycles. The molecular formula is C20H15FN2O2S. The van der Waals surface area contributed by atoms with Crippen LogP contribution in [0.2, 0.25) is 0 Å². The van der Waals surface area contributed by atoms with Crippen molar-refractivity contribution in [3.05, 3.63) is 80.7 Å². The minimum absolute atomic E-state index is 0.0501. The van der Waals surface area contributed by atoms with E-state index in [0.29, 0.717) is 21.7 Å². The van der Waals surface area contributed by atoms with Crippen molar-refractivity contribution in [3.63, 3.8) is 0 Å². The normalized spacial score (nSPS) is 11.5. The maximum absolute atomic E-state index is 13.3. The SMILES string of the molecule is CC(C)c1nc2sc3ccccc3c(=O)c2c(=O)n1-c1ccc(F)cc1. The molecule has 0 unspecified atom stereocenters. The zero-order valence-corrected chi connectivity index (χ0v) is 15.0. The van der Waals surface area contributed by atoms with E-state index in [2.05, 4.69) is 4.98 Å². The van der Waals surface area contributed by atoms with Gasteiger partial charge < -0.3 is 0 Å². The van der Waals surface area contributed by atoms with E-state index in [0.717, 1.165) is 4.70 Å². The van der Waals surface area contributed by atoms with Gasteiger partial charge >= 0.3 is 0 Å². The number of fused-ring (bicyclic) bond motifs is 2. The smallest absolute Gasteiger partial charge is 0.270 e. The molecule has 0 atom stereocenters. The Morgan fingerprint density at radius 2 is 1.73 bits per heavy atom. The van der Waals surface area contributed by atoms with Crippen molar-refractivity contribution in [2.75, 3.05) is 0 Å². The van der Waals surface area contributed by atoms with E-state index in [1.807, 2.05) is 26.0 Å². The summed E-state index contributed by atoms with van der Waals surface area (Å²) in [5, 5.41) is 0.578. The highest BCUT2D eigenvalue weighted by Gasteiger charge is 2.19. The van der Waals surface area contributed by atoms with Gasteiger partial charge in [0.05, 0.1) is 5.69 Å². The first-order valence-corrected chi connectivity index (χ1v) is 9.03. The Morgan fingerprint density at radius 1 is 1.04 bits per heavy atom. The lowest BCUT2D eigenvalue weighted by Gasteiger charge is -2.15. The van der Waals surface area contributed by atoms with Crippen LogP contribution < -0.4 is 11.0 Å². The zero-order chi connectivity index (χ0) is 18.4. The maximum atomic E-state index is 13.3. The molecule has 4 aromatic rings. The number of nitrogens with zero attached hydrogens (tertiary/aromatic N) is 2. The highest BCUT2D eigenvalue weighted by atomic mass is 32.1. The molecule has 2 aromatic heterocycles. The largest absolute Gasteiger partial charge is 0.288 e. The molecule has 0 bridgehead atoms. The summed E-state index contributed by atoms with van der Waals surface area (Å²) >= 11 is 1.33. The first-order valence-electron chi connectivity index (χ1n) is 8.22. The molecule has 2 heterocycles. The highest BCUT2D eigenvalue weighted by molar-refractivity contribution is 7.24.